The van der Waals surface area contributed by atoms with Crippen molar-refractivity contribution in [3.05, 3.63) is 47.5 Å². The quantitative estimate of drug-likeness (QED) is 0.817. The predicted molar refractivity (Wildman–Crippen MR) is 77.6 cm³/mol. The molecule has 0 spiro atoms. The average molecular weight is 347 g/mol. The molecular weight excluding hydrogens is 331 g/mol. The zero-order valence-corrected chi connectivity index (χ0v) is 13.4. The van der Waals surface area contributed by atoms with Gasteiger partial charge in [0.1, 0.15) is 0 Å². The van der Waals surface area contributed by atoms with Gasteiger partial charge < -0.3 is 0 Å². The van der Waals surface area contributed by atoms with E-state index in [-0.39, 0.29) is 0 Å². The van der Waals surface area contributed by atoms with E-state index in [1.54, 1.807) is 17.8 Å². The Kier molecular flexibility index (Phi) is 5.10. The first-order chi connectivity index (χ1) is 10.8. The zero-order chi connectivity index (χ0) is 17.2. The van der Waals surface area contributed by atoms with Crippen LogP contribution in [-0.2, 0) is 16.6 Å². The number of hydrogen-bond donors (Lipinski definition) is 1. The molecule has 0 aliphatic carbocycles. The summed E-state index contributed by atoms with van der Waals surface area (Å²) >= 11 is 0. The van der Waals surface area contributed by atoms with E-state index >= 15 is 0 Å². The first kappa shape index (κ1) is 17.5. The maximum absolute atomic E-state index is 13.2. The van der Waals surface area contributed by atoms with Gasteiger partial charge >= 0.3 is 0 Å². The van der Waals surface area contributed by atoms with Crippen LogP contribution in [0.4, 0.5) is 13.2 Å². The van der Waals surface area contributed by atoms with Gasteiger partial charge in [0.15, 0.2) is 17.5 Å². The van der Waals surface area contributed by atoms with Gasteiger partial charge in [-0.05, 0) is 25.5 Å². The lowest BCUT2D eigenvalue weighted by Gasteiger charge is -2.16. The lowest BCUT2D eigenvalue weighted by molar-refractivity contribution is 0.442. The summed E-state index contributed by atoms with van der Waals surface area (Å²) in [6.45, 7) is 4.26. The van der Waals surface area contributed by atoms with E-state index in [2.05, 4.69) is 9.82 Å². The highest BCUT2D eigenvalue weighted by Gasteiger charge is 2.24. The van der Waals surface area contributed by atoms with Crippen LogP contribution in [-0.4, -0.2) is 18.2 Å². The minimum Gasteiger partial charge on any atom is -0.273 e. The van der Waals surface area contributed by atoms with E-state index in [4.69, 9.17) is 0 Å². The summed E-state index contributed by atoms with van der Waals surface area (Å²) < 4.78 is 68.0. The largest absolute Gasteiger partial charge is 0.273 e. The van der Waals surface area contributed by atoms with Crippen LogP contribution in [0.25, 0.3) is 0 Å². The Morgan fingerprint density at radius 2 is 1.83 bits per heavy atom. The van der Waals surface area contributed by atoms with Crippen molar-refractivity contribution in [1.82, 2.24) is 14.5 Å². The summed E-state index contributed by atoms with van der Waals surface area (Å²) in [5.41, 5.74) is 0.626. The fourth-order valence-electron chi connectivity index (χ4n) is 2.06. The average Bonchev–Trinajstić information content (AvgIpc) is 2.98. The van der Waals surface area contributed by atoms with E-state index in [0.29, 0.717) is 30.7 Å². The number of aromatic nitrogens is 2. The van der Waals surface area contributed by atoms with Crippen LogP contribution in [0.2, 0.25) is 0 Å². The molecule has 1 atom stereocenters. The number of hydrogen-bond acceptors (Lipinski definition) is 3. The monoisotopic (exact) mass is 347 g/mol. The number of rotatable bonds is 6. The molecule has 0 saturated heterocycles. The summed E-state index contributed by atoms with van der Waals surface area (Å²) in [6.07, 6.45) is 3.61. The number of sulfonamides is 1. The predicted octanol–water partition coefficient (Wildman–Crippen LogP) is 2.75. The molecule has 1 N–H and O–H groups in total. The fraction of sp³-hybridized carbons (Fsp3) is 0.357. The Morgan fingerprint density at radius 1 is 1.22 bits per heavy atom. The Bertz CT molecular complexity index is 782. The molecule has 0 radical (unpaired) electrons. The third-order valence-corrected chi connectivity index (χ3v) is 4.80. The summed E-state index contributed by atoms with van der Waals surface area (Å²) in [5.74, 6) is -4.82. The molecule has 0 fully saturated rings. The summed E-state index contributed by atoms with van der Waals surface area (Å²) in [7, 11) is -4.21. The SMILES string of the molecule is CC[C@H](NS(=O)(=O)c1cc(F)c(F)c(F)c1)c1cnn(CC)c1. The standard InChI is InChI=1S/C14H16F3N3O2S/c1-3-13(9-7-18-20(4-2)8-9)19-23(21,22)10-5-11(15)14(17)12(16)6-10/h5-8,13,19H,3-4H2,1-2H3/t13-/m0/s1. The van der Waals surface area contributed by atoms with E-state index in [0.717, 1.165) is 0 Å². The summed E-state index contributed by atoms with van der Waals surface area (Å²) in [4.78, 5) is -0.671. The van der Waals surface area contributed by atoms with Crippen LogP contribution in [0.5, 0.6) is 0 Å². The van der Waals surface area contributed by atoms with Crippen molar-refractivity contribution in [3.63, 3.8) is 0 Å². The molecule has 0 amide bonds. The maximum Gasteiger partial charge on any atom is 0.241 e. The second-order valence-electron chi connectivity index (χ2n) is 4.91. The molecule has 0 aliphatic heterocycles. The molecule has 1 heterocycles. The third-order valence-electron chi connectivity index (χ3n) is 3.35. The molecule has 5 nitrogen and oxygen atoms in total. The van der Waals surface area contributed by atoms with Crippen LogP contribution >= 0.6 is 0 Å². The van der Waals surface area contributed by atoms with Crippen LogP contribution in [0.15, 0.2) is 29.4 Å². The number of aryl methyl sites for hydroxylation is 1. The van der Waals surface area contributed by atoms with Crippen LogP contribution in [0, 0.1) is 17.5 Å². The third kappa shape index (κ3) is 3.73. The molecule has 1 aromatic heterocycles. The first-order valence-electron chi connectivity index (χ1n) is 6.97. The van der Waals surface area contributed by atoms with Gasteiger partial charge in [-0.2, -0.15) is 5.10 Å². The number of halogens is 3. The molecule has 126 valence electrons. The minimum atomic E-state index is -4.21. The fourth-order valence-corrected chi connectivity index (χ4v) is 3.39. The molecule has 0 unspecified atom stereocenters. The van der Waals surface area contributed by atoms with Crippen LogP contribution in [0.3, 0.4) is 0 Å². The van der Waals surface area contributed by atoms with Crippen molar-refractivity contribution in [2.45, 2.75) is 37.8 Å². The first-order valence-corrected chi connectivity index (χ1v) is 8.46. The van der Waals surface area contributed by atoms with E-state index in [9.17, 15) is 21.6 Å². The Labute approximate surface area is 132 Å². The Hall–Kier alpha value is -1.87. The highest BCUT2D eigenvalue weighted by molar-refractivity contribution is 7.89. The van der Waals surface area contributed by atoms with E-state index in [1.165, 1.54) is 6.20 Å². The van der Waals surface area contributed by atoms with Gasteiger partial charge in [-0.3, -0.25) is 4.68 Å². The summed E-state index contributed by atoms with van der Waals surface area (Å²) in [6, 6.07) is 0.280. The number of benzene rings is 1. The van der Waals surface area contributed by atoms with Gasteiger partial charge in [-0.25, -0.2) is 26.3 Å². The second-order valence-corrected chi connectivity index (χ2v) is 6.63. The summed E-state index contributed by atoms with van der Waals surface area (Å²) in [5, 5.41) is 4.06. The van der Waals surface area contributed by atoms with Gasteiger partial charge in [0, 0.05) is 24.3 Å². The van der Waals surface area contributed by atoms with Gasteiger partial charge in [-0.15, -0.1) is 0 Å². The molecule has 2 aromatic rings. The Morgan fingerprint density at radius 3 is 2.30 bits per heavy atom. The normalized spacial score (nSPS) is 13.3. The highest BCUT2D eigenvalue weighted by Crippen LogP contribution is 2.22. The van der Waals surface area contributed by atoms with Crippen molar-refractivity contribution in [1.29, 1.82) is 0 Å². The molecule has 1 aromatic carbocycles. The van der Waals surface area contributed by atoms with Crippen molar-refractivity contribution < 1.29 is 21.6 Å². The van der Waals surface area contributed by atoms with Gasteiger partial charge in [0.05, 0.1) is 11.1 Å². The molecule has 0 saturated carbocycles. The topological polar surface area (TPSA) is 64.0 Å². The molecular formula is C14H16F3N3O2S. The van der Waals surface area contributed by atoms with Crippen LogP contribution in [0.1, 0.15) is 31.9 Å². The van der Waals surface area contributed by atoms with Gasteiger partial charge in [0.25, 0.3) is 0 Å². The highest BCUT2D eigenvalue weighted by atomic mass is 32.2. The van der Waals surface area contributed by atoms with Gasteiger partial charge in [0.2, 0.25) is 10.0 Å². The van der Waals surface area contributed by atoms with Crippen molar-refractivity contribution >= 4 is 10.0 Å². The molecule has 2 rings (SSSR count). The number of nitrogens with zero attached hydrogens (tertiary/aromatic N) is 2. The van der Waals surface area contributed by atoms with Crippen molar-refractivity contribution in [3.8, 4) is 0 Å². The molecule has 23 heavy (non-hydrogen) atoms. The van der Waals surface area contributed by atoms with Crippen molar-refractivity contribution in [2.24, 2.45) is 0 Å². The molecule has 0 bridgehead atoms. The molecule has 0 aliphatic rings. The molecule has 9 heteroatoms. The maximum atomic E-state index is 13.2. The Balaban J connectivity index is 2.32. The smallest absolute Gasteiger partial charge is 0.241 e. The van der Waals surface area contributed by atoms with Gasteiger partial charge in [-0.1, -0.05) is 6.92 Å². The van der Waals surface area contributed by atoms with Crippen LogP contribution < -0.4 is 4.72 Å². The van der Waals surface area contributed by atoms with E-state index < -0.39 is 38.4 Å². The zero-order valence-electron chi connectivity index (χ0n) is 12.6. The van der Waals surface area contributed by atoms with E-state index in [1.807, 2.05) is 6.92 Å². The lowest BCUT2D eigenvalue weighted by atomic mass is 10.1. The lowest BCUT2D eigenvalue weighted by Crippen LogP contribution is -2.28. The minimum absolute atomic E-state index is 0.404. The number of nitrogens with one attached hydrogen (secondary N) is 1. The second kappa shape index (κ2) is 6.71. The van der Waals surface area contributed by atoms with Crippen molar-refractivity contribution in [2.75, 3.05) is 0 Å².